The molecule has 0 amide bonds. The summed E-state index contributed by atoms with van der Waals surface area (Å²) in [6.07, 6.45) is 1.26. The molecule has 1 atom stereocenters. The second-order valence-corrected chi connectivity index (χ2v) is 6.13. The molecule has 0 saturated heterocycles. The Balaban J connectivity index is 2.04. The molecule has 1 aromatic rings. The van der Waals surface area contributed by atoms with Crippen molar-refractivity contribution < 1.29 is 9.53 Å². The predicted molar refractivity (Wildman–Crippen MR) is 75.0 cm³/mol. The molecule has 1 aliphatic rings. The molecular weight excluding hydrogens is 246 g/mol. The zero-order valence-corrected chi connectivity index (χ0v) is 11.9. The average molecular weight is 265 g/mol. The number of carbonyl (C=O) groups excluding carboxylic acids is 1. The standard InChI is InChI=1S/C14H19NO2S/c1-4-17-13(16)9-10-14(2)15(3)11-7-5-6-8-12(11)18-14/h5-8H,4,9-10H2,1-3H3/t14-/m0/s1. The molecule has 0 spiro atoms. The first-order valence-electron chi connectivity index (χ1n) is 6.24. The van der Waals surface area contributed by atoms with Crippen LogP contribution in [0.1, 0.15) is 26.7 Å². The van der Waals surface area contributed by atoms with Gasteiger partial charge in [0, 0.05) is 18.4 Å². The van der Waals surface area contributed by atoms with Crippen molar-refractivity contribution in [3.63, 3.8) is 0 Å². The molecule has 0 radical (unpaired) electrons. The van der Waals surface area contributed by atoms with Crippen molar-refractivity contribution in [2.45, 2.75) is 36.5 Å². The fourth-order valence-electron chi connectivity index (χ4n) is 2.17. The minimum atomic E-state index is -0.108. The summed E-state index contributed by atoms with van der Waals surface area (Å²) in [5, 5.41) is 0. The maximum atomic E-state index is 11.5. The van der Waals surface area contributed by atoms with Crippen molar-refractivity contribution in [3.8, 4) is 0 Å². The van der Waals surface area contributed by atoms with Crippen LogP contribution in [0.4, 0.5) is 5.69 Å². The number of para-hydroxylation sites is 1. The molecule has 1 heterocycles. The van der Waals surface area contributed by atoms with Crippen LogP contribution < -0.4 is 4.90 Å². The van der Waals surface area contributed by atoms with Crippen molar-refractivity contribution in [2.75, 3.05) is 18.6 Å². The Morgan fingerprint density at radius 3 is 2.83 bits per heavy atom. The number of fused-ring (bicyclic) bond motifs is 1. The topological polar surface area (TPSA) is 29.5 Å². The highest BCUT2D eigenvalue weighted by Crippen LogP contribution is 2.51. The van der Waals surface area contributed by atoms with E-state index in [1.54, 1.807) is 0 Å². The number of ether oxygens (including phenoxy) is 1. The lowest BCUT2D eigenvalue weighted by Gasteiger charge is -2.32. The summed E-state index contributed by atoms with van der Waals surface area (Å²) in [5.41, 5.74) is 1.24. The second kappa shape index (κ2) is 5.22. The Labute approximate surface area is 113 Å². The van der Waals surface area contributed by atoms with Gasteiger partial charge in [0.2, 0.25) is 0 Å². The molecule has 4 heteroatoms. The lowest BCUT2D eigenvalue weighted by molar-refractivity contribution is -0.143. The molecule has 0 fully saturated rings. The number of benzene rings is 1. The van der Waals surface area contributed by atoms with Gasteiger partial charge in [0.1, 0.15) is 0 Å². The number of hydrogen-bond acceptors (Lipinski definition) is 4. The fourth-order valence-corrected chi connectivity index (χ4v) is 3.54. The Hall–Kier alpha value is -1.16. The first-order valence-corrected chi connectivity index (χ1v) is 7.06. The van der Waals surface area contributed by atoms with Gasteiger partial charge in [-0.25, -0.2) is 0 Å². The molecule has 0 aliphatic carbocycles. The molecule has 98 valence electrons. The van der Waals surface area contributed by atoms with Crippen LogP contribution in [0.5, 0.6) is 0 Å². The monoisotopic (exact) mass is 265 g/mol. The van der Waals surface area contributed by atoms with E-state index in [4.69, 9.17) is 4.74 Å². The van der Waals surface area contributed by atoms with Gasteiger partial charge in [0.15, 0.2) is 0 Å². The lowest BCUT2D eigenvalue weighted by Crippen LogP contribution is -2.37. The summed E-state index contributed by atoms with van der Waals surface area (Å²) in [6.45, 7) is 4.47. The first kappa shape index (κ1) is 13.3. The van der Waals surface area contributed by atoms with E-state index in [1.807, 2.05) is 24.8 Å². The van der Waals surface area contributed by atoms with Crippen molar-refractivity contribution >= 4 is 23.4 Å². The summed E-state index contributed by atoms with van der Waals surface area (Å²) in [5.74, 6) is -0.108. The van der Waals surface area contributed by atoms with Gasteiger partial charge in [0.25, 0.3) is 0 Å². The molecule has 0 saturated carbocycles. The van der Waals surface area contributed by atoms with E-state index in [1.165, 1.54) is 10.6 Å². The number of esters is 1. The van der Waals surface area contributed by atoms with E-state index < -0.39 is 0 Å². The summed E-state index contributed by atoms with van der Waals surface area (Å²) in [7, 11) is 2.09. The van der Waals surface area contributed by atoms with Crippen LogP contribution in [0.15, 0.2) is 29.2 Å². The largest absolute Gasteiger partial charge is 0.466 e. The van der Waals surface area contributed by atoms with Crippen molar-refractivity contribution in [3.05, 3.63) is 24.3 Å². The molecule has 0 bridgehead atoms. The fraction of sp³-hybridized carbons (Fsp3) is 0.500. The maximum Gasteiger partial charge on any atom is 0.305 e. The number of thioether (sulfide) groups is 1. The molecule has 0 aromatic heterocycles. The lowest BCUT2D eigenvalue weighted by atomic mass is 10.1. The normalized spacial score (nSPS) is 21.8. The Bertz CT molecular complexity index is 449. The summed E-state index contributed by atoms with van der Waals surface area (Å²) in [6, 6.07) is 8.35. The highest BCUT2D eigenvalue weighted by Gasteiger charge is 2.38. The number of nitrogens with zero attached hydrogens (tertiary/aromatic N) is 1. The van der Waals surface area contributed by atoms with E-state index in [9.17, 15) is 4.79 Å². The van der Waals surface area contributed by atoms with Crippen molar-refractivity contribution in [2.24, 2.45) is 0 Å². The zero-order chi connectivity index (χ0) is 13.2. The summed E-state index contributed by atoms with van der Waals surface area (Å²) < 4.78 is 4.99. The number of carbonyl (C=O) groups is 1. The molecule has 18 heavy (non-hydrogen) atoms. The van der Waals surface area contributed by atoms with E-state index in [-0.39, 0.29) is 10.8 Å². The molecule has 0 unspecified atom stereocenters. The third-order valence-corrected chi connectivity index (χ3v) is 4.85. The van der Waals surface area contributed by atoms with Crippen molar-refractivity contribution in [1.82, 2.24) is 0 Å². The summed E-state index contributed by atoms with van der Waals surface area (Å²) in [4.78, 5) is 15.0. The van der Waals surface area contributed by atoms with Gasteiger partial charge in [-0.05, 0) is 32.4 Å². The van der Waals surface area contributed by atoms with Crippen LogP contribution in [0, 0.1) is 0 Å². The number of hydrogen-bond donors (Lipinski definition) is 0. The smallest absolute Gasteiger partial charge is 0.305 e. The predicted octanol–water partition coefficient (Wildman–Crippen LogP) is 3.29. The van der Waals surface area contributed by atoms with E-state index in [0.29, 0.717) is 13.0 Å². The van der Waals surface area contributed by atoms with Crippen LogP contribution in [-0.4, -0.2) is 24.5 Å². The highest BCUT2D eigenvalue weighted by atomic mass is 32.2. The second-order valence-electron chi connectivity index (χ2n) is 4.61. The van der Waals surface area contributed by atoms with Gasteiger partial charge >= 0.3 is 5.97 Å². The average Bonchev–Trinajstić information content (AvgIpc) is 2.61. The van der Waals surface area contributed by atoms with Crippen LogP contribution >= 0.6 is 11.8 Å². The van der Waals surface area contributed by atoms with Gasteiger partial charge in [-0.3, -0.25) is 4.79 Å². The quantitative estimate of drug-likeness (QED) is 0.781. The minimum absolute atomic E-state index is 0.0591. The van der Waals surface area contributed by atoms with Crippen molar-refractivity contribution in [1.29, 1.82) is 0 Å². The molecule has 1 aromatic carbocycles. The van der Waals surface area contributed by atoms with Crippen LogP contribution in [0.3, 0.4) is 0 Å². The van der Waals surface area contributed by atoms with Gasteiger partial charge < -0.3 is 9.64 Å². The minimum Gasteiger partial charge on any atom is -0.466 e. The Morgan fingerprint density at radius 2 is 2.17 bits per heavy atom. The number of anilines is 1. The molecule has 1 aliphatic heterocycles. The molecule has 3 nitrogen and oxygen atoms in total. The molecule has 2 rings (SSSR count). The highest BCUT2D eigenvalue weighted by molar-refractivity contribution is 8.01. The van der Waals surface area contributed by atoms with Gasteiger partial charge in [-0.2, -0.15) is 0 Å². The van der Waals surface area contributed by atoms with Gasteiger partial charge in [-0.1, -0.05) is 23.9 Å². The van der Waals surface area contributed by atoms with Crippen LogP contribution in [0.2, 0.25) is 0 Å². The van der Waals surface area contributed by atoms with E-state index >= 15 is 0 Å². The maximum absolute atomic E-state index is 11.5. The van der Waals surface area contributed by atoms with Crippen LogP contribution in [-0.2, 0) is 9.53 Å². The van der Waals surface area contributed by atoms with Crippen LogP contribution in [0.25, 0.3) is 0 Å². The first-order chi connectivity index (χ1) is 8.57. The SMILES string of the molecule is CCOC(=O)CC[C@]1(C)Sc2ccccc2N1C. The van der Waals surface area contributed by atoms with E-state index in [2.05, 4.69) is 37.1 Å². The Kier molecular flexibility index (Phi) is 3.85. The number of rotatable bonds is 4. The zero-order valence-electron chi connectivity index (χ0n) is 11.1. The van der Waals surface area contributed by atoms with Gasteiger partial charge in [0.05, 0.1) is 17.2 Å². The third kappa shape index (κ3) is 2.48. The van der Waals surface area contributed by atoms with E-state index in [0.717, 1.165) is 6.42 Å². The molecular formula is C14H19NO2S. The third-order valence-electron chi connectivity index (χ3n) is 3.36. The van der Waals surface area contributed by atoms with Gasteiger partial charge in [-0.15, -0.1) is 0 Å². The molecule has 0 N–H and O–H groups in total. The summed E-state index contributed by atoms with van der Waals surface area (Å²) >= 11 is 1.82. The Morgan fingerprint density at radius 1 is 1.44 bits per heavy atom.